The first-order chi connectivity index (χ1) is 8.72. The molecule has 1 saturated carbocycles. The van der Waals surface area contributed by atoms with Gasteiger partial charge in [0.1, 0.15) is 5.82 Å². The lowest BCUT2D eigenvalue weighted by Crippen LogP contribution is -2.30. The van der Waals surface area contributed by atoms with Crippen LogP contribution in [0.4, 0.5) is 4.39 Å². The van der Waals surface area contributed by atoms with E-state index in [0.717, 1.165) is 30.5 Å². The van der Waals surface area contributed by atoms with Crippen LogP contribution in [0.5, 0.6) is 0 Å². The quantitative estimate of drug-likeness (QED) is 0.786. The van der Waals surface area contributed by atoms with Gasteiger partial charge in [-0.1, -0.05) is 18.6 Å². The summed E-state index contributed by atoms with van der Waals surface area (Å²) in [5, 5.41) is 0. The van der Waals surface area contributed by atoms with Crippen LogP contribution >= 0.6 is 0 Å². The molecular formula is C15H18FNO. The van der Waals surface area contributed by atoms with Gasteiger partial charge in [0, 0.05) is 13.1 Å². The number of carbonyl (C=O) groups excluding carboxylic acids is 1. The van der Waals surface area contributed by atoms with Crippen molar-refractivity contribution in [3.8, 4) is 0 Å². The maximum absolute atomic E-state index is 12.8. The monoisotopic (exact) mass is 247 g/mol. The minimum Gasteiger partial charge on any atom is -0.342 e. The van der Waals surface area contributed by atoms with Crippen LogP contribution in [0.25, 0.3) is 0 Å². The summed E-state index contributed by atoms with van der Waals surface area (Å²) in [6.45, 7) is 1.87. The smallest absolute Gasteiger partial charge is 0.227 e. The van der Waals surface area contributed by atoms with Gasteiger partial charge < -0.3 is 4.90 Å². The Morgan fingerprint density at radius 1 is 1.17 bits per heavy atom. The lowest BCUT2D eigenvalue weighted by atomic mass is 10.0. The van der Waals surface area contributed by atoms with Crippen LogP contribution in [0.1, 0.15) is 24.8 Å². The summed E-state index contributed by atoms with van der Waals surface area (Å²) in [5.41, 5.74) is 0.901. The predicted octanol–water partition coefficient (Wildman–Crippen LogP) is 2.63. The molecule has 18 heavy (non-hydrogen) atoms. The van der Waals surface area contributed by atoms with Gasteiger partial charge in [0.2, 0.25) is 5.91 Å². The van der Waals surface area contributed by atoms with Gasteiger partial charge in [0.05, 0.1) is 6.42 Å². The second-order valence-corrected chi connectivity index (χ2v) is 5.55. The summed E-state index contributed by atoms with van der Waals surface area (Å²) >= 11 is 0. The highest BCUT2D eigenvalue weighted by Crippen LogP contribution is 2.37. The SMILES string of the molecule is O=C(Cc1ccc(F)cc1)N1CC2CCCC2C1. The van der Waals surface area contributed by atoms with E-state index in [4.69, 9.17) is 0 Å². The molecule has 1 aromatic carbocycles. The Bertz CT molecular complexity index is 430. The number of hydrogen-bond donors (Lipinski definition) is 0. The van der Waals surface area contributed by atoms with Crippen LogP contribution < -0.4 is 0 Å². The molecule has 3 rings (SSSR count). The van der Waals surface area contributed by atoms with E-state index < -0.39 is 0 Å². The molecule has 2 atom stereocenters. The minimum absolute atomic E-state index is 0.191. The molecule has 0 spiro atoms. The molecule has 1 aliphatic heterocycles. The zero-order chi connectivity index (χ0) is 12.5. The van der Waals surface area contributed by atoms with Gasteiger partial charge in [-0.15, -0.1) is 0 Å². The molecule has 1 heterocycles. The van der Waals surface area contributed by atoms with E-state index in [1.165, 1.54) is 31.4 Å². The van der Waals surface area contributed by atoms with Gasteiger partial charge >= 0.3 is 0 Å². The predicted molar refractivity (Wildman–Crippen MR) is 67.5 cm³/mol. The third-order valence-corrected chi connectivity index (χ3v) is 4.35. The van der Waals surface area contributed by atoms with Crippen LogP contribution in [0, 0.1) is 17.7 Å². The molecule has 0 radical (unpaired) electrons. The van der Waals surface area contributed by atoms with E-state index >= 15 is 0 Å². The van der Waals surface area contributed by atoms with Gasteiger partial charge in [0.25, 0.3) is 0 Å². The van der Waals surface area contributed by atoms with Crippen LogP contribution in [-0.4, -0.2) is 23.9 Å². The first-order valence-corrected chi connectivity index (χ1v) is 6.74. The second kappa shape index (κ2) is 4.71. The number of fused-ring (bicyclic) bond motifs is 1. The summed E-state index contributed by atoms with van der Waals surface area (Å²) in [6, 6.07) is 6.23. The first-order valence-electron chi connectivity index (χ1n) is 6.74. The molecule has 1 aliphatic carbocycles. The van der Waals surface area contributed by atoms with Crippen LogP contribution in [-0.2, 0) is 11.2 Å². The van der Waals surface area contributed by atoms with Crippen molar-refractivity contribution in [3.05, 3.63) is 35.6 Å². The lowest BCUT2D eigenvalue weighted by Gasteiger charge is -2.17. The Morgan fingerprint density at radius 3 is 2.39 bits per heavy atom. The van der Waals surface area contributed by atoms with Gasteiger partial charge in [-0.25, -0.2) is 4.39 Å². The third kappa shape index (κ3) is 2.26. The Hall–Kier alpha value is -1.38. The normalized spacial score (nSPS) is 26.4. The van der Waals surface area contributed by atoms with E-state index in [1.807, 2.05) is 4.90 Å². The number of halogens is 1. The molecule has 1 saturated heterocycles. The highest BCUT2D eigenvalue weighted by Gasteiger charge is 2.37. The molecule has 0 aromatic heterocycles. The third-order valence-electron chi connectivity index (χ3n) is 4.35. The van der Waals surface area contributed by atoms with E-state index in [-0.39, 0.29) is 11.7 Å². The van der Waals surface area contributed by atoms with Crippen molar-refractivity contribution in [2.24, 2.45) is 11.8 Å². The Balaban J connectivity index is 1.60. The van der Waals surface area contributed by atoms with Crippen molar-refractivity contribution in [3.63, 3.8) is 0 Å². The lowest BCUT2D eigenvalue weighted by molar-refractivity contribution is -0.129. The summed E-state index contributed by atoms with van der Waals surface area (Å²) in [7, 11) is 0. The molecule has 2 nitrogen and oxygen atoms in total. The summed E-state index contributed by atoms with van der Waals surface area (Å²) in [6.07, 6.45) is 4.30. The molecule has 2 fully saturated rings. The first kappa shape index (κ1) is 11.7. The summed E-state index contributed by atoms with van der Waals surface area (Å²) < 4.78 is 12.8. The van der Waals surface area contributed by atoms with E-state index in [1.54, 1.807) is 12.1 Å². The Labute approximate surface area is 107 Å². The van der Waals surface area contributed by atoms with Crippen molar-refractivity contribution in [1.82, 2.24) is 4.90 Å². The molecule has 96 valence electrons. The van der Waals surface area contributed by atoms with Gasteiger partial charge in [-0.3, -0.25) is 4.79 Å². The second-order valence-electron chi connectivity index (χ2n) is 5.55. The van der Waals surface area contributed by atoms with Gasteiger partial charge in [0.15, 0.2) is 0 Å². The zero-order valence-corrected chi connectivity index (χ0v) is 10.4. The minimum atomic E-state index is -0.248. The maximum Gasteiger partial charge on any atom is 0.227 e. The standard InChI is InChI=1S/C15H18FNO/c16-14-6-4-11(5-7-14)8-15(18)17-9-12-2-1-3-13(12)10-17/h4-7,12-13H,1-3,8-10H2. The average Bonchev–Trinajstić information content (AvgIpc) is 2.92. The molecule has 1 aromatic rings. The Morgan fingerprint density at radius 2 is 1.78 bits per heavy atom. The molecule has 0 N–H and O–H groups in total. The number of likely N-dealkylation sites (tertiary alicyclic amines) is 1. The van der Waals surface area contributed by atoms with Crippen molar-refractivity contribution in [1.29, 1.82) is 0 Å². The molecule has 2 unspecified atom stereocenters. The largest absolute Gasteiger partial charge is 0.342 e. The number of nitrogens with zero attached hydrogens (tertiary/aromatic N) is 1. The van der Waals surface area contributed by atoms with Crippen LogP contribution in [0.15, 0.2) is 24.3 Å². The van der Waals surface area contributed by atoms with Crippen molar-refractivity contribution in [2.45, 2.75) is 25.7 Å². The zero-order valence-electron chi connectivity index (χ0n) is 10.4. The fourth-order valence-electron chi connectivity index (χ4n) is 3.33. The topological polar surface area (TPSA) is 20.3 Å². The molecule has 0 bridgehead atoms. The number of amides is 1. The number of hydrogen-bond acceptors (Lipinski definition) is 1. The Kier molecular flexibility index (Phi) is 3.06. The fourth-order valence-corrected chi connectivity index (χ4v) is 3.33. The maximum atomic E-state index is 12.8. The highest BCUT2D eigenvalue weighted by atomic mass is 19.1. The van der Waals surface area contributed by atoms with E-state index in [0.29, 0.717) is 6.42 Å². The number of benzene rings is 1. The summed E-state index contributed by atoms with van der Waals surface area (Å²) in [4.78, 5) is 14.2. The van der Waals surface area contributed by atoms with Crippen LogP contribution in [0.2, 0.25) is 0 Å². The summed E-state index contributed by atoms with van der Waals surface area (Å²) in [5.74, 6) is 1.42. The van der Waals surface area contributed by atoms with Crippen molar-refractivity contribution >= 4 is 5.91 Å². The van der Waals surface area contributed by atoms with Crippen LogP contribution in [0.3, 0.4) is 0 Å². The highest BCUT2D eigenvalue weighted by molar-refractivity contribution is 5.79. The number of carbonyl (C=O) groups is 1. The van der Waals surface area contributed by atoms with E-state index in [9.17, 15) is 9.18 Å². The van der Waals surface area contributed by atoms with Gasteiger partial charge in [-0.2, -0.15) is 0 Å². The fraction of sp³-hybridized carbons (Fsp3) is 0.533. The number of rotatable bonds is 2. The van der Waals surface area contributed by atoms with Crippen molar-refractivity contribution in [2.75, 3.05) is 13.1 Å². The average molecular weight is 247 g/mol. The molecule has 2 aliphatic rings. The van der Waals surface area contributed by atoms with E-state index in [2.05, 4.69) is 0 Å². The molecule has 3 heteroatoms. The van der Waals surface area contributed by atoms with Crippen molar-refractivity contribution < 1.29 is 9.18 Å². The molecular weight excluding hydrogens is 229 g/mol. The molecule has 1 amide bonds. The van der Waals surface area contributed by atoms with Gasteiger partial charge in [-0.05, 0) is 42.4 Å².